The van der Waals surface area contributed by atoms with E-state index in [4.69, 9.17) is 11.6 Å². The summed E-state index contributed by atoms with van der Waals surface area (Å²) in [6.07, 6.45) is 7.89. The molecule has 1 aliphatic heterocycles. The lowest BCUT2D eigenvalue weighted by atomic mass is 9.83. The van der Waals surface area contributed by atoms with Gasteiger partial charge in [0.05, 0.1) is 10.7 Å². The monoisotopic (exact) mass is 310 g/mol. The molecule has 1 saturated carbocycles. The van der Waals surface area contributed by atoms with Crippen LogP contribution in [0.5, 0.6) is 0 Å². The Hall–Kier alpha value is -0.800. The molecular weight excluding hydrogens is 287 g/mol. The normalized spacial score (nSPS) is 24.9. The van der Waals surface area contributed by atoms with Crippen LogP contribution in [0.2, 0.25) is 5.02 Å². The summed E-state index contributed by atoms with van der Waals surface area (Å²) in [7, 11) is 0. The zero-order valence-corrected chi connectivity index (χ0v) is 13.2. The summed E-state index contributed by atoms with van der Waals surface area (Å²) in [4.78, 5) is 2.33. The van der Waals surface area contributed by atoms with Crippen LogP contribution >= 0.6 is 11.6 Å². The summed E-state index contributed by atoms with van der Waals surface area (Å²) in [6.45, 7) is 3.04. The van der Waals surface area contributed by atoms with Crippen LogP contribution in [0.25, 0.3) is 0 Å². The first kappa shape index (κ1) is 15.1. The number of hydrogen-bond acceptors (Lipinski definition) is 2. The minimum Gasteiger partial charge on any atom is -0.369 e. The summed E-state index contributed by atoms with van der Waals surface area (Å²) in [5.41, 5.74) is 0.975. The van der Waals surface area contributed by atoms with Crippen LogP contribution < -0.4 is 10.2 Å². The Labute approximate surface area is 131 Å². The molecule has 1 unspecified atom stereocenters. The van der Waals surface area contributed by atoms with Gasteiger partial charge in [-0.15, -0.1) is 0 Å². The number of hydrogen-bond donors (Lipinski definition) is 1. The van der Waals surface area contributed by atoms with Gasteiger partial charge in [0.15, 0.2) is 0 Å². The molecule has 3 rings (SSSR count). The second-order valence-corrected chi connectivity index (χ2v) is 6.76. The molecule has 116 valence electrons. The van der Waals surface area contributed by atoms with Crippen molar-refractivity contribution in [1.82, 2.24) is 5.32 Å². The summed E-state index contributed by atoms with van der Waals surface area (Å²) >= 11 is 6.25. The Kier molecular flexibility index (Phi) is 5.02. The van der Waals surface area contributed by atoms with Crippen LogP contribution in [-0.4, -0.2) is 25.7 Å². The fourth-order valence-electron chi connectivity index (χ4n) is 3.76. The van der Waals surface area contributed by atoms with Crippen molar-refractivity contribution < 1.29 is 4.39 Å². The molecule has 2 fully saturated rings. The van der Waals surface area contributed by atoms with Crippen LogP contribution in [0.15, 0.2) is 18.2 Å². The van der Waals surface area contributed by atoms with E-state index in [2.05, 4.69) is 10.2 Å². The molecule has 2 aliphatic rings. The molecule has 4 heteroatoms. The summed E-state index contributed by atoms with van der Waals surface area (Å²) in [6, 6.07) is 5.29. The Morgan fingerprint density at radius 1 is 1.14 bits per heavy atom. The van der Waals surface area contributed by atoms with E-state index < -0.39 is 0 Å². The quantitative estimate of drug-likeness (QED) is 0.879. The molecule has 21 heavy (non-hydrogen) atoms. The molecule has 1 N–H and O–H groups in total. The lowest BCUT2D eigenvalue weighted by molar-refractivity contribution is 0.277. The molecule has 1 atom stereocenters. The summed E-state index contributed by atoms with van der Waals surface area (Å²) in [5, 5.41) is 4.25. The van der Waals surface area contributed by atoms with Crippen LogP contribution in [0.4, 0.5) is 10.1 Å². The van der Waals surface area contributed by atoms with Crippen molar-refractivity contribution in [2.24, 2.45) is 5.92 Å². The zero-order chi connectivity index (χ0) is 14.7. The van der Waals surface area contributed by atoms with E-state index in [0.29, 0.717) is 11.1 Å². The van der Waals surface area contributed by atoms with Gasteiger partial charge >= 0.3 is 0 Å². The molecule has 1 aromatic rings. The van der Waals surface area contributed by atoms with Crippen LogP contribution in [0.1, 0.15) is 38.5 Å². The van der Waals surface area contributed by atoms with Gasteiger partial charge in [-0.05, 0) is 49.9 Å². The standard InChI is InChI=1S/C17H24ClFN2/c18-15-11-14(19)7-8-17(15)21-10-4-9-20-16(12-21)13-5-2-1-3-6-13/h7-8,11,13,16,20H,1-6,9-10,12H2. The third kappa shape index (κ3) is 3.70. The minimum atomic E-state index is -0.263. The lowest BCUT2D eigenvalue weighted by Crippen LogP contribution is -2.43. The SMILES string of the molecule is Fc1ccc(N2CCCNC(C3CCCCC3)C2)c(Cl)c1. The highest BCUT2D eigenvalue weighted by molar-refractivity contribution is 6.33. The largest absolute Gasteiger partial charge is 0.369 e. The van der Waals surface area contributed by atoms with Crippen LogP contribution in [0, 0.1) is 11.7 Å². The molecule has 0 bridgehead atoms. The number of halogens is 2. The topological polar surface area (TPSA) is 15.3 Å². The van der Waals surface area contributed by atoms with Gasteiger partial charge in [-0.25, -0.2) is 4.39 Å². The van der Waals surface area contributed by atoms with E-state index >= 15 is 0 Å². The average molecular weight is 311 g/mol. The number of benzene rings is 1. The molecular formula is C17H24ClFN2. The summed E-state index contributed by atoms with van der Waals surface area (Å²) < 4.78 is 13.2. The van der Waals surface area contributed by atoms with Gasteiger partial charge in [-0.3, -0.25) is 0 Å². The van der Waals surface area contributed by atoms with Crippen molar-refractivity contribution in [2.45, 2.75) is 44.6 Å². The highest BCUT2D eigenvalue weighted by Gasteiger charge is 2.27. The average Bonchev–Trinajstić information content (AvgIpc) is 2.74. The van der Waals surface area contributed by atoms with E-state index in [0.717, 1.165) is 37.7 Å². The predicted molar refractivity (Wildman–Crippen MR) is 86.6 cm³/mol. The number of nitrogens with zero attached hydrogens (tertiary/aromatic N) is 1. The molecule has 0 aromatic heterocycles. The van der Waals surface area contributed by atoms with Crippen molar-refractivity contribution in [3.63, 3.8) is 0 Å². The molecule has 1 saturated heterocycles. The van der Waals surface area contributed by atoms with Crippen molar-refractivity contribution in [1.29, 1.82) is 0 Å². The first-order valence-electron chi connectivity index (χ1n) is 8.17. The lowest BCUT2D eigenvalue weighted by Gasteiger charge is -2.34. The first-order chi connectivity index (χ1) is 10.2. The highest BCUT2D eigenvalue weighted by Crippen LogP contribution is 2.31. The van der Waals surface area contributed by atoms with E-state index in [1.54, 1.807) is 0 Å². The van der Waals surface area contributed by atoms with Crippen molar-refractivity contribution >= 4 is 17.3 Å². The van der Waals surface area contributed by atoms with Gasteiger partial charge in [-0.2, -0.15) is 0 Å². The Morgan fingerprint density at radius 3 is 2.71 bits per heavy atom. The molecule has 1 heterocycles. The Morgan fingerprint density at radius 2 is 1.95 bits per heavy atom. The third-order valence-corrected chi connectivity index (χ3v) is 5.20. The predicted octanol–water partition coefficient (Wildman–Crippen LogP) is 4.23. The van der Waals surface area contributed by atoms with Crippen LogP contribution in [0.3, 0.4) is 0 Å². The second kappa shape index (κ2) is 6.97. The van der Waals surface area contributed by atoms with Gasteiger partial charge < -0.3 is 10.2 Å². The van der Waals surface area contributed by atoms with Gasteiger partial charge in [0.25, 0.3) is 0 Å². The summed E-state index contributed by atoms with van der Waals surface area (Å²) in [5.74, 6) is 0.513. The van der Waals surface area contributed by atoms with E-state index in [-0.39, 0.29) is 5.82 Å². The molecule has 0 amide bonds. The fraction of sp³-hybridized carbons (Fsp3) is 0.647. The van der Waals surface area contributed by atoms with Gasteiger partial charge in [0.2, 0.25) is 0 Å². The fourth-order valence-corrected chi connectivity index (χ4v) is 4.05. The van der Waals surface area contributed by atoms with E-state index in [1.165, 1.54) is 44.2 Å². The van der Waals surface area contributed by atoms with E-state index in [9.17, 15) is 4.39 Å². The molecule has 0 spiro atoms. The molecule has 2 nitrogen and oxygen atoms in total. The molecule has 1 aliphatic carbocycles. The third-order valence-electron chi connectivity index (χ3n) is 4.90. The minimum absolute atomic E-state index is 0.263. The molecule has 1 aromatic carbocycles. The van der Waals surface area contributed by atoms with Crippen molar-refractivity contribution in [3.05, 3.63) is 29.0 Å². The highest BCUT2D eigenvalue weighted by atomic mass is 35.5. The number of rotatable bonds is 2. The zero-order valence-electron chi connectivity index (χ0n) is 12.5. The number of nitrogens with one attached hydrogen (secondary N) is 1. The Balaban J connectivity index is 1.75. The van der Waals surface area contributed by atoms with E-state index in [1.807, 2.05) is 6.07 Å². The first-order valence-corrected chi connectivity index (χ1v) is 8.55. The number of anilines is 1. The van der Waals surface area contributed by atoms with Crippen molar-refractivity contribution in [3.8, 4) is 0 Å². The van der Waals surface area contributed by atoms with Gasteiger partial charge in [-0.1, -0.05) is 30.9 Å². The second-order valence-electron chi connectivity index (χ2n) is 6.35. The Bertz CT molecular complexity index is 474. The maximum Gasteiger partial charge on any atom is 0.124 e. The maximum absolute atomic E-state index is 13.2. The smallest absolute Gasteiger partial charge is 0.124 e. The van der Waals surface area contributed by atoms with Gasteiger partial charge in [0, 0.05) is 19.1 Å². The van der Waals surface area contributed by atoms with Gasteiger partial charge in [0.1, 0.15) is 5.82 Å². The van der Waals surface area contributed by atoms with Crippen LogP contribution in [-0.2, 0) is 0 Å². The van der Waals surface area contributed by atoms with Crippen molar-refractivity contribution in [2.75, 3.05) is 24.5 Å². The molecule has 0 radical (unpaired) electrons. The maximum atomic E-state index is 13.2.